The Morgan fingerprint density at radius 3 is 2.46 bits per heavy atom. The Morgan fingerprint density at radius 1 is 1.23 bits per heavy atom. The van der Waals surface area contributed by atoms with E-state index in [1.54, 1.807) is 36.4 Å². The van der Waals surface area contributed by atoms with E-state index in [0.717, 1.165) is 5.57 Å². The van der Waals surface area contributed by atoms with Crippen molar-refractivity contribution < 1.29 is 4.39 Å². The van der Waals surface area contributed by atoms with Crippen LogP contribution in [0.15, 0.2) is 55.7 Å². The quantitative estimate of drug-likeness (QED) is 0.614. The van der Waals surface area contributed by atoms with Crippen LogP contribution in [-0.4, -0.2) is 0 Å². The van der Waals surface area contributed by atoms with Crippen LogP contribution in [-0.2, 0) is 0 Å². The second kappa shape index (κ2) is 4.41. The van der Waals surface area contributed by atoms with Gasteiger partial charge in [0.15, 0.2) is 0 Å². The van der Waals surface area contributed by atoms with E-state index in [-0.39, 0.29) is 5.82 Å². The zero-order valence-corrected chi connectivity index (χ0v) is 7.33. The monoisotopic (exact) mass is 174 g/mol. The third-order valence-electron chi connectivity index (χ3n) is 1.70. The van der Waals surface area contributed by atoms with Crippen LogP contribution in [0.5, 0.6) is 0 Å². The lowest BCUT2D eigenvalue weighted by molar-refractivity contribution is 0.624. The summed E-state index contributed by atoms with van der Waals surface area (Å²) in [7, 11) is 0. The van der Waals surface area contributed by atoms with Gasteiger partial charge in [0.2, 0.25) is 0 Å². The zero-order valence-electron chi connectivity index (χ0n) is 7.33. The number of benzene rings is 1. The third kappa shape index (κ3) is 2.15. The smallest absolute Gasteiger partial charge is 0.131 e. The van der Waals surface area contributed by atoms with Crippen molar-refractivity contribution >= 4 is 5.57 Å². The summed E-state index contributed by atoms with van der Waals surface area (Å²) in [4.78, 5) is 0. The fraction of sp³-hybridized carbons (Fsp3) is 0. The number of hydrogen-bond acceptors (Lipinski definition) is 0. The topological polar surface area (TPSA) is 0 Å². The molecule has 0 saturated heterocycles. The summed E-state index contributed by atoms with van der Waals surface area (Å²) in [6, 6.07) is 6.59. The van der Waals surface area contributed by atoms with Gasteiger partial charge in [0, 0.05) is 5.56 Å². The maximum Gasteiger partial charge on any atom is 0.131 e. The van der Waals surface area contributed by atoms with Crippen LogP contribution in [0.1, 0.15) is 5.56 Å². The van der Waals surface area contributed by atoms with Crippen molar-refractivity contribution in [1.82, 2.24) is 0 Å². The van der Waals surface area contributed by atoms with Gasteiger partial charge in [0.25, 0.3) is 0 Å². The highest BCUT2D eigenvalue weighted by Gasteiger charge is 2.01. The summed E-state index contributed by atoms with van der Waals surface area (Å²) < 4.78 is 13.2. The highest BCUT2D eigenvalue weighted by atomic mass is 19.1. The van der Waals surface area contributed by atoms with Crippen molar-refractivity contribution in [1.29, 1.82) is 0 Å². The molecular formula is C12H11F. The lowest BCUT2D eigenvalue weighted by Crippen LogP contribution is -1.85. The molecule has 0 aromatic heterocycles. The van der Waals surface area contributed by atoms with E-state index in [0.29, 0.717) is 5.56 Å². The maximum atomic E-state index is 13.2. The van der Waals surface area contributed by atoms with E-state index >= 15 is 0 Å². The van der Waals surface area contributed by atoms with Crippen LogP contribution in [0.2, 0.25) is 0 Å². The summed E-state index contributed by atoms with van der Waals surface area (Å²) in [6.07, 6.45) is 4.95. The van der Waals surface area contributed by atoms with Gasteiger partial charge < -0.3 is 0 Å². The minimum Gasteiger partial charge on any atom is -0.206 e. The van der Waals surface area contributed by atoms with E-state index in [1.165, 1.54) is 6.07 Å². The van der Waals surface area contributed by atoms with Crippen molar-refractivity contribution in [2.24, 2.45) is 0 Å². The molecule has 0 atom stereocenters. The summed E-state index contributed by atoms with van der Waals surface area (Å²) in [5.74, 6) is -0.240. The number of halogens is 1. The molecule has 0 spiro atoms. The molecule has 13 heavy (non-hydrogen) atoms. The first-order valence-corrected chi connectivity index (χ1v) is 3.99. The summed E-state index contributed by atoms with van der Waals surface area (Å²) >= 11 is 0. The first-order chi connectivity index (χ1) is 6.29. The molecular weight excluding hydrogens is 163 g/mol. The van der Waals surface area contributed by atoms with Crippen molar-refractivity contribution in [3.63, 3.8) is 0 Å². The average molecular weight is 174 g/mol. The van der Waals surface area contributed by atoms with Gasteiger partial charge in [-0.1, -0.05) is 49.6 Å². The Labute approximate surface area is 77.7 Å². The average Bonchev–Trinajstić information content (AvgIpc) is 2.16. The number of allylic oxidation sites excluding steroid dienone is 4. The first-order valence-electron chi connectivity index (χ1n) is 3.99. The summed E-state index contributed by atoms with van der Waals surface area (Å²) in [5.41, 5.74) is 1.30. The lowest BCUT2D eigenvalue weighted by atomic mass is 10.1. The molecule has 1 aromatic carbocycles. The van der Waals surface area contributed by atoms with Crippen LogP contribution in [0.3, 0.4) is 0 Å². The molecule has 1 aromatic rings. The van der Waals surface area contributed by atoms with Gasteiger partial charge in [-0.25, -0.2) is 4.39 Å². The van der Waals surface area contributed by atoms with Crippen molar-refractivity contribution in [2.75, 3.05) is 0 Å². The molecule has 0 bridgehead atoms. The molecule has 1 rings (SSSR count). The number of rotatable bonds is 3. The second-order valence-corrected chi connectivity index (χ2v) is 2.54. The molecule has 0 amide bonds. The Kier molecular flexibility index (Phi) is 3.21. The highest BCUT2D eigenvalue weighted by molar-refractivity contribution is 5.74. The zero-order chi connectivity index (χ0) is 9.68. The predicted molar refractivity (Wildman–Crippen MR) is 54.8 cm³/mol. The van der Waals surface area contributed by atoms with Gasteiger partial charge >= 0.3 is 0 Å². The van der Waals surface area contributed by atoms with E-state index in [2.05, 4.69) is 13.2 Å². The minimum atomic E-state index is -0.240. The Bertz CT molecular complexity index is 348. The molecule has 0 aliphatic carbocycles. The van der Waals surface area contributed by atoms with Crippen molar-refractivity contribution in [3.8, 4) is 0 Å². The molecule has 0 saturated carbocycles. The normalized spacial score (nSPS) is 11.0. The van der Waals surface area contributed by atoms with Crippen LogP contribution in [0.4, 0.5) is 4.39 Å². The van der Waals surface area contributed by atoms with Gasteiger partial charge in [-0.15, -0.1) is 0 Å². The maximum absolute atomic E-state index is 13.2. The Morgan fingerprint density at radius 2 is 1.92 bits per heavy atom. The van der Waals surface area contributed by atoms with Crippen LogP contribution < -0.4 is 0 Å². The third-order valence-corrected chi connectivity index (χ3v) is 1.70. The van der Waals surface area contributed by atoms with Crippen LogP contribution >= 0.6 is 0 Å². The van der Waals surface area contributed by atoms with Crippen molar-refractivity contribution in [3.05, 3.63) is 67.0 Å². The molecule has 66 valence electrons. The fourth-order valence-corrected chi connectivity index (χ4v) is 1.09. The molecule has 0 aliphatic rings. The summed E-state index contributed by atoms with van der Waals surface area (Å²) in [5, 5.41) is 0. The first kappa shape index (κ1) is 9.46. The van der Waals surface area contributed by atoms with Crippen LogP contribution in [0, 0.1) is 5.82 Å². The van der Waals surface area contributed by atoms with E-state index < -0.39 is 0 Å². The van der Waals surface area contributed by atoms with E-state index in [1.807, 2.05) is 0 Å². The molecule has 0 fully saturated rings. The Balaban J connectivity index is 3.19. The molecule has 0 radical (unpaired) electrons. The van der Waals surface area contributed by atoms with Gasteiger partial charge in [-0.2, -0.15) is 0 Å². The second-order valence-electron chi connectivity index (χ2n) is 2.54. The van der Waals surface area contributed by atoms with Gasteiger partial charge in [0.1, 0.15) is 5.82 Å². The largest absolute Gasteiger partial charge is 0.206 e. The molecule has 0 N–H and O–H groups in total. The minimum absolute atomic E-state index is 0.240. The lowest BCUT2D eigenvalue weighted by Gasteiger charge is -2.01. The molecule has 0 aliphatic heterocycles. The standard InChI is InChI=1S/C12H11F/c1-3-7-10(4-2)11-8-5-6-9-12(11)13/h3-9H,1-2H2/b10-7+. The number of hydrogen-bond donors (Lipinski definition) is 0. The van der Waals surface area contributed by atoms with Crippen molar-refractivity contribution in [2.45, 2.75) is 0 Å². The highest BCUT2D eigenvalue weighted by Crippen LogP contribution is 2.18. The molecule has 0 nitrogen and oxygen atoms in total. The molecule has 1 heteroatoms. The van der Waals surface area contributed by atoms with Gasteiger partial charge in [-0.3, -0.25) is 0 Å². The molecule has 0 unspecified atom stereocenters. The molecule has 0 heterocycles. The van der Waals surface area contributed by atoms with Crippen LogP contribution in [0.25, 0.3) is 5.57 Å². The summed E-state index contributed by atoms with van der Waals surface area (Å²) in [6.45, 7) is 7.17. The van der Waals surface area contributed by atoms with Gasteiger partial charge in [-0.05, 0) is 11.6 Å². The fourth-order valence-electron chi connectivity index (χ4n) is 1.09. The van der Waals surface area contributed by atoms with E-state index in [4.69, 9.17) is 0 Å². The van der Waals surface area contributed by atoms with E-state index in [9.17, 15) is 4.39 Å². The predicted octanol–water partition coefficient (Wildman–Crippen LogP) is 3.58. The van der Waals surface area contributed by atoms with Gasteiger partial charge in [0.05, 0.1) is 0 Å². The SMILES string of the molecule is C=C/C=C(\C=C)c1ccccc1F. The Hall–Kier alpha value is -1.63.